The first kappa shape index (κ1) is 14.4. The van der Waals surface area contributed by atoms with Crippen LogP contribution < -0.4 is 10.6 Å². The van der Waals surface area contributed by atoms with Crippen LogP contribution in [0.5, 0.6) is 0 Å². The molecule has 1 saturated carbocycles. The van der Waals surface area contributed by atoms with Crippen molar-refractivity contribution in [1.29, 1.82) is 0 Å². The summed E-state index contributed by atoms with van der Waals surface area (Å²) in [5.41, 5.74) is 2.21. The van der Waals surface area contributed by atoms with E-state index >= 15 is 0 Å². The van der Waals surface area contributed by atoms with Gasteiger partial charge in [-0.25, -0.2) is 9.59 Å². The van der Waals surface area contributed by atoms with Crippen LogP contribution in [0, 0.1) is 19.3 Å². The number of urea groups is 1. The van der Waals surface area contributed by atoms with Crippen molar-refractivity contribution in [2.45, 2.75) is 40.2 Å². The fourth-order valence-corrected chi connectivity index (χ4v) is 2.32. The average molecular weight is 276 g/mol. The molecule has 2 amide bonds. The second kappa shape index (κ2) is 4.81. The zero-order valence-corrected chi connectivity index (χ0v) is 12.2. The lowest BCUT2D eigenvalue weighted by atomic mass is 10.0. The number of anilines is 1. The molecular formula is C15H20N2O3. The standard InChI is InChI=1S/C15H20N2O3/c1-8-5-9(2)12(10(6-8)13(18)19)17-14(20)16-11-7-15(11,3)4/h5-6,11H,7H2,1-4H3,(H,18,19)(H2,16,17,20). The van der Waals surface area contributed by atoms with Crippen LogP contribution in [0.3, 0.4) is 0 Å². The lowest BCUT2D eigenvalue weighted by Gasteiger charge is -2.14. The van der Waals surface area contributed by atoms with Gasteiger partial charge in [-0.2, -0.15) is 0 Å². The first-order chi connectivity index (χ1) is 9.20. The van der Waals surface area contributed by atoms with E-state index in [2.05, 4.69) is 24.5 Å². The highest BCUT2D eigenvalue weighted by atomic mass is 16.4. The number of rotatable bonds is 3. The van der Waals surface area contributed by atoms with Crippen molar-refractivity contribution in [3.05, 3.63) is 28.8 Å². The molecule has 0 bridgehead atoms. The molecule has 108 valence electrons. The molecule has 0 aromatic heterocycles. The number of hydrogen-bond acceptors (Lipinski definition) is 2. The van der Waals surface area contributed by atoms with Gasteiger partial charge in [0.15, 0.2) is 0 Å². The van der Waals surface area contributed by atoms with Gasteiger partial charge < -0.3 is 15.7 Å². The number of nitrogens with one attached hydrogen (secondary N) is 2. The Morgan fingerprint density at radius 1 is 1.30 bits per heavy atom. The smallest absolute Gasteiger partial charge is 0.337 e. The molecule has 0 aliphatic heterocycles. The van der Waals surface area contributed by atoms with E-state index in [1.54, 1.807) is 13.0 Å². The quantitative estimate of drug-likeness (QED) is 0.794. The van der Waals surface area contributed by atoms with Crippen LogP contribution in [-0.4, -0.2) is 23.1 Å². The molecule has 1 aromatic rings. The van der Waals surface area contributed by atoms with Crippen molar-refractivity contribution in [2.75, 3.05) is 5.32 Å². The minimum Gasteiger partial charge on any atom is -0.478 e. The summed E-state index contributed by atoms with van der Waals surface area (Å²) in [6.07, 6.45) is 0.944. The highest BCUT2D eigenvalue weighted by molar-refractivity contribution is 6.01. The maximum Gasteiger partial charge on any atom is 0.337 e. The number of aryl methyl sites for hydroxylation is 2. The number of carbonyl (C=O) groups is 2. The summed E-state index contributed by atoms with van der Waals surface area (Å²) in [5, 5.41) is 14.8. The van der Waals surface area contributed by atoms with Gasteiger partial charge in [-0.3, -0.25) is 0 Å². The fourth-order valence-electron chi connectivity index (χ4n) is 2.32. The molecule has 1 aliphatic carbocycles. The van der Waals surface area contributed by atoms with E-state index in [1.165, 1.54) is 0 Å². The monoisotopic (exact) mass is 276 g/mol. The molecule has 20 heavy (non-hydrogen) atoms. The van der Waals surface area contributed by atoms with Crippen molar-refractivity contribution in [2.24, 2.45) is 5.41 Å². The molecule has 0 radical (unpaired) electrons. The lowest BCUT2D eigenvalue weighted by molar-refractivity contribution is 0.0698. The Morgan fingerprint density at radius 2 is 1.90 bits per heavy atom. The van der Waals surface area contributed by atoms with E-state index in [-0.39, 0.29) is 23.1 Å². The Labute approximate surface area is 118 Å². The summed E-state index contributed by atoms with van der Waals surface area (Å²) in [5.74, 6) is -1.04. The number of carboxylic acid groups (broad SMARTS) is 1. The van der Waals surface area contributed by atoms with E-state index in [1.807, 2.05) is 13.0 Å². The molecule has 2 rings (SSSR count). The van der Waals surface area contributed by atoms with Gasteiger partial charge in [0.1, 0.15) is 0 Å². The molecular weight excluding hydrogens is 256 g/mol. The highest BCUT2D eigenvalue weighted by Crippen LogP contribution is 2.44. The molecule has 1 unspecified atom stereocenters. The fraction of sp³-hybridized carbons (Fsp3) is 0.467. The zero-order valence-electron chi connectivity index (χ0n) is 12.2. The largest absolute Gasteiger partial charge is 0.478 e. The third kappa shape index (κ3) is 2.92. The van der Waals surface area contributed by atoms with E-state index in [4.69, 9.17) is 0 Å². The first-order valence-electron chi connectivity index (χ1n) is 6.63. The summed E-state index contributed by atoms with van der Waals surface area (Å²) >= 11 is 0. The van der Waals surface area contributed by atoms with E-state index in [9.17, 15) is 14.7 Å². The van der Waals surface area contributed by atoms with Gasteiger partial charge in [-0.15, -0.1) is 0 Å². The van der Waals surface area contributed by atoms with Crippen molar-refractivity contribution < 1.29 is 14.7 Å². The van der Waals surface area contributed by atoms with Crippen LogP contribution in [-0.2, 0) is 0 Å². The maximum atomic E-state index is 11.9. The van der Waals surface area contributed by atoms with E-state index < -0.39 is 5.97 Å². The summed E-state index contributed by atoms with van der Waals surface area (Å²) in [6, 6.07) is 3.21. The number of aromatic carboxylic acids is 1. The van der Waals surface area contributed by atoms with Crippen molar-refractivity contribution in [3.63, 3.8) is 0 Å². The van der Waals surface area contributed by atoms with Gasteiger partial charge in [-0.05, 0) is 42.9 Å². The van der Waals surface area contributed by atoms with Crippen LogP contribution in [0.15, 0.2) is 12.1 Å². The second-order valence-electron chi connectivity index (χ2n) is 6.15. The topological polar surface area (TPSA) is 78.4 Å². The predicted molar refractivity (Wildman–Crippen MR) is 77.2 cm³/mol. The van der Waals surface area contributed by atoms with Crippen LogP contribution in [0.2, 0.25) is 0 Å². The lowest BCUT2D eigenvalue weighted by Crippen LogP contribution is -2.33. The van der Waals surface area contributed by atoms with Gasteiger partial charge in [-0.1, -0.05) is 19.9 Å². The van der Waals surface area contributed by atoms with Crippen LogP contribution in [0.4, 0.5) is 10.5 Å². The molecule has 0 saturated heterocycles. The third-order valence-electron chi connectivity index (χ3n) is 3.77. The molecule has 1 aromatic carbocycles. The van der Waals surface area contributed by atoms with Gasteiger partial charge in [0.05, 0.1) is 11.3 Å². The molecule has 5 heteroatoms. The third-order valence-corrected chi connectivity index (χ3v) is 3.77. The maximum absolute atomic E-state index is 11.9. The molecule has 1 fully saturated rings. The van der Waals surface area contributed by atoms with E-state index in [0.717, 1.165) is 17.5 Å². The molecule has 1 atom stereocenters. The summed E-state index contributed by atoms with van der Waals surface area (Å²) in [6.45, 7) is 7.78. The molecule has 3 N–H and O–H groups in total. The second-order valence-corrected chi connectivity index (χ2v) is 6.15. The van der Waals surface area contributed by atoms with Crippen LogP contribution in [0.1, 0.15) is 41.8 Å². The van der Waals surface area contributed by atoms with E-state index in [0.29, 0.717) is 5.69 Å². The number of benzene rings is 1. The minimum atomic E-state index is -1.04. The molecule has 0 spiro atoms. The summed E-state index contributed by atoms with van der Waals surface area (Å²) in [7, 11) is 0. The van der Waals surface area contributed by atoms with Crippen molar-refractivity contribution in [3.8, 4) is 0 Å². The Bertz CT molecular complexity index is 579. The number of carboxylic acids is 1. The van der Waals surface area contributed by atoms with Gasteiger partial charge >= 0.3 is 12.0 Å². The number of carbonyl (C=O) groups excluding carboxylic acids is 1. The van der Waals surface area contributed by atoms with Gasteiger partial charge in [0.25, 0.3) is 0 Å². The SMILES string of the molecule is Cc1cc(C)c(NC(=O)NC2CC2(C)C)c(C(=O)O)c1. The highest BCUT2D eigenvalue weighted by Gasteiger charge is 2.46. The van der Waals surface area contributed by atoms with Crippen molar-refractivity contribution in [1.82, 2.24) is 5.32 Å². The molecule has 5 nitrogen and oxygen atoms in total. The first-order valence-corrected chi connectivity index (χ1v) is 6.63. The molecule has 0 heterocycles. The van der Waals surface area contributed by atoms with Gasteiger partial charge in [0.2, 0.25) is 0 Å². The molecule has 1 aliphatic rings. The van der Waals surface area contributed by atoms with Gasteiger partial charge in [0, 0.05) is 6.04 Å². The van der Waals surface area contributed by atoms with Crippen LogP contribution in [0.25, 0.3) is 0 Å². The average Bonchev–Trinajstić information content (AvgIpc) is 2.88. The summed E-state index contributed by atoms with van der Waals surface area (Å²) < 4.78 is 0. The number of amides is 2. The summed E-state index contributed by atoms with van der Waals surface area (Å²) in [4.78, 5) is 23.2. The Hall–Kier alpha value is -2.04. The Kier molecular flexibility index (Phi) is 3.46. The Balaban J connectivity index is 2.16. The number of hydrogen-bond donors (Lipinski definition) is 3. The minimum absolute atomic E-state index is 0.118. The zero-order chi connectivity index (χ0) is 15.1. The Morgan fingerprint density at radius 3 is 2.40 bits per heavy atom. The normalized spacial score (nSPS) is 19.3. The van der Waals surface area contributed by atoms with Crippen molar-refractivity contribution >= 4 is 17.7 Å². The predicted octanol–water partition coefficient (Wildman–Crippen LogP) is 2.92. The van der Waals surface area contributed by atoms with Crippen LogP contribution >= 0.6 is 0 Å².